The monoisotopic (exact) mass is 410 g/mol. The van der Waals surface area contributed by atoms with E-state index in [0.29, 0.717) is 24.7 Å². The zero-order valence-electron chi connectivity index (χ0n) is 18.0. The molecule has 0 aliphatic carbocycles. The van der Waals surface area contributed by atoms with Crippen molar-refractivity contribution in [1.29, 1.82) is 0 Å². The molecule has 1 heterocycles. The van der Waals surface area contributed by atoms with E-state index in [4.69, 9.17) is 14.2 Å². The summed E-state index contributed by atoms with van der Waals surface area (Å²) in [6.07, 6.45) is 3.39. The molecular weight excluding hydrogens is 380 g/mol. The highest BCUT2D eigenvalue weighted by molar-refractivity contribution is 5.91. The maximum atomic E-state index is 12.7. The topological polar surface area (TPSA) is 51.2 Å². The number of morpholine rings is 1. The van der Waals surface area contributed by atoms with Gasteiger partial charge in [-0.3, -0.25) is 4.79 Å². The number of ether oxygens (including phenoxy) is 3. The van der Waals surface area contributed by atoms with Crippen molar-refractivity contribution in [2.45, 2.75) is 13.5 Å². The SMILES string of the molecule is CCOc1cc(/C=C/C(=O)N(C)Cc2ccccc2N2CCOCC2)ccc1OC. The van der Waals surface area contributed by atoms with E-state index in [9.17, 15) is 4.79 Å². The average molecular weight is 411 g/mol. The predicted octanol–water partition coefficient (Wildman–Crippen LogP) is 3.60. The molecule has 3 rings (SSSR count). The first-order chi connectivity index (χ1) is 14.6. The van der Waals surface area contributed by atoms with Crippen LogP contribution in [0.15, 0.2) is 48.5 Å². The van der Waals surface area contributed by atoms with Crippen LogP contribution in [0.3, 0.4) is 0 Å². The van der Waals surface area contributed by atoms with Crippen molar-refractivity contribution in [2.75, 3.05) is 52.0 Å². The summed E-state index contributed by atoms with van der Waals surface area (Å²) in [5, 5.41) is 0. The zero-order valence-corrected chi connectivity index (χ0v) is 18.0. The number of para-hydroxylation sites is 1. The summed E-state index contributed by atoms with van der Waals surface area (Å²) < 4.78 is 16.4. The van der Waals surface area contributed by atoms with Gasteiger partial charge in [-0.2, -0.15) is 0 Å². The van der Waals surface area contributed by atoms with Crippen molar-refractivity contribution < 1.29 is 19.0 Å². The highest BCUT2D eigenvalue weighted by atomic mass is 16.5. The molecule has 1 aliphatic rings. The molecule has 0 spiro atoms. The summed E-state index contributed by atoms with van der Waals surface area (Å²) >= 11 is 0. The summed E-state index contributed by atoms with van der Waals surface area (Å²) in [6.45, 7) is 6.23. The second-order valence-corrected chi connectivity index (χ2v) is 7.10. The Morgan fingerprint density at radius 2 is 1.93 bits per heavy atom. The third kappa shape index (κ3) is 5.54. The van der Waals surface area contributed by atoms with Crippen molar-refractivity contribution in [3.05, 3.63) is 59.7 Å². The van der Waals surface area contributed by atoms with Gasteiger partial charge in [-0.05, 0) is 42.3 Å². The van der Waals surface area contributed by atoms with Crippen molar-refractivity contribution >= 4 is 17.7 Å². The van der Waals surface area contributed by atoms with Crippen LogP contribution in [0.4, 0.5) is 5.69 Å². The maximum absolute atomic E-state index is 12.7. The largest absolute Gasteiger partial charge is 0.493 e. The van der Waals surface area contributed by atoms with Crippen LogP contribution in [0.5, 0.6) is 11.5 Å². The first kappa shape index (κ1) is 21.7. The lowest BCUT2D eigenvalue weighted by Gasteiger charge is -2.31. The van der Waals surface area contributed by atoms with Gasteiger partial charge >= 0.3 is 0 Å². The fourth-order valence-electron chi connectivity index (χ4n) is 3.45. The van der Waals surface area contributed by atoms with E-state index < -0.39 is 0 Å². The van der Waals surface area contributed by atoms with Crippen molar-refractivity contribution in [3.8, 4) is 11.5 Å². The quantitative estimate of drug-likeness (QED) is 0.623. The van der Waals surface area contributed by atoms with Gasteiger partial charge in [0.15, 0.2) is 11.5 Å². The first-order valence-corrected chi connectivity index (χ1v) is 10.3. The smallest absolute Gasteiger partial charge is 0.246 e. The van der Waals surface area contributed by atoms with Crippen LogP contribution < -0.4 is 14.4 Å². The molecule has 6 nitrogen and oxygen atoms in total. The molecule has 0 unspecified atom stereocenters. The molecule has 2 aromatic rings. The summed E-state index contributed by atoms with van der Waals surface area (Å²) in [5.41, 5.74) is 3.18. The summed E-state index contributed by atoms with van der Waals surface area (Å²) in [7, 11) is 3.43. The molecule has 1 amide bonds. The fraction of sp³-hybridized carbons (Fsp3) is 0.375. The lowest BCUT2D eigenvalue weighted by molar-refractivity contribution is -0.125. The highest BCUT2D eigenvalue weighted by Gasteiger charge is 2.16. The van der Waals surface area contributed by atoms with Crippen molar-refractivity contribution in [2.24, 2.45) is 0 Å². The van der Waals surface area contributed by atoms with E-state index in [2.05, 4.69) is 17.0 Å². The number of benzene rings is 2. The van der Waals surface area contributed by atoms with Crippen molar-refractivity contribution in [1.82, 2.24) is 4.90 Å². The number of anilines is 1. The van der Waals surface area contributed by atoms with Gasteiger partial charge in [0, 0.05) is 38.4 Å². The summed E-state index contributed by atoms with van der Waals surface area (Å²) in [6, 6.07) is 13.9. The normalized spacial score (nSPS) is 14.0. The van der Waals surface area contributed by atoms with Gasteiger partial charge in [-0.15, -0.1) is 0 Å². The number of hydrogen-bond donors (Lipinski definition) is 0. The van der Waals surface area contributed by atoms with Gasteiger partial charge in [0.25, 0.3) is 0 Å². The molecule has 6 heteroatoms. The van der Waals surface area contributed by atoms with Crippen LogP contribution in [0.25, 0.3) is 6.08 Å². The zero-order chi connectivity index (χ0) is 21.3. The van der Waals surface area contributed by atoms with Crippen LogP contribution in [0.2, 0.25) is 0 Å². The molecule has 1 aliphatic heterocycles. The van der Waals surface area contributed by atoms with E-state index >= 15 is 0 Å². The number of nitrogens with zero attached hydrogens (tertiary/aromatic N) is 2. The Balaban J connectivity index is 1.67. The van der Waals surface area contributed by atoms with Crippen molar-refractivity contribution in [3.63, 3.8) is 0 Å². The molecule has 0 bridgehead atoms. The molecule has 0 aromatic heterocycles. The summed E-state index contributed by atoms with van der Waals surface area (Å²) in [5.74, 6) is 1.29. The predicted molar refractivity (Wildman–Crippen MR) is 119 cm³/mol. The van der Waals surface area contributed by atoms with Gasteiger partial charge in [0.2, 0.25) is 5.91 Å². The van der Waals surface area contributed by atoms with E-state index in [1.807, 2.05) is 44.3 Å². The Kier molecular flexibility index (Phi) is 7.74. The Bertz CT molecular complexity index is 875. The first-order valence-electron chi connectivity index (χ1n) is 10.3. The second kappa shape index (κ2) is 10.7. The maximum Gasteiger partial charge on any atom is 0.246 e. The third-order valence-corrected chi connectivity index (χ3v) is 5.03. The standard InChI is InChI=1S/C24H30N2O4/c1-4-30-23-17-19(9-11-22(23)28-3)10-12-24(27)25(2)18-20-7-5-6-8-21(20)26-13-15-29-16-14-26/h5-12,17H,4,13-16,18H2,1-3H3/b12-10+. The number of carbonyl (C=O) groups excluding carboxylic acids is 1. The minimum absolute atomic E-state index is 0.0550. The van der Waals surface area contributed by atoms with Gasteiger partial charge in [-0.25, -0.2) is 0 Å². The Labute approximate surface area is 178 Å². The van der Waals surface area contributed by atoms with E-state index in [1.54, 1.807) is 24.2 Å². The second-order valence-electron chi connectivity index (χ2n) is 7.10. The van der Waals surface area contributed by atoms with E-state index in [-0.39, 0.29) is 5.91 Å². The Morgan fingerprint density at radius 3 is 2.67 bits per heavy atom. The van der Waals surface area contributed by atoms with Gasteiger partial charge in [-0.1, -0.05) is 24.3 Å². The van der Waals surface area contributed by atoms with Crippen LogP contribution in [-0.4, -0.2) is 57.9 Å². The van der Waals surface area contributed by atoms with Crippen LogP contribution in [0.1, 0.15) is 18.1 Å². The number of likely N-dealkylation sites (N-methyl/N-ethyl adjacent to an activating group) is 1. The van der Waals surface area contributed by atoms with Crippen LogP contribution in [-0.2, 0) is 16.1 Å². The van der Waals surface area contributed by atoms with Crippen LogP contribution >= 0.6 is 0 Å². The fourth-order valence-corrected chi connectivity index (χ4v) is 3.45. The lowest BCUT2D eigenvalue weighted by Crippen LogP contribution is -2.37. The summed E-state index contributed by atoms with van der Waals surface area (Å²) in [4.78, 5) is 16.7. The van der Waals surface area contributed by atoms with E-state index in [0.717, 1.165) is 37.4 Å². The lowest BCUT2D eigenvalue weighted by atomic mass is 10.1. The molecule has 0 radical (unpaired) electrons. The van der Waals surface area contributed by atoms with Gasteiger partial charge < -0.3 is 24.0 Å². The molecule has 2 aromatic carbocycles. The minimum Gasteiger partial charge on any atom is -0.493 e. The Morgan fingerprint density at radius 1 is 1.17 bits per heavy atom. The van der Waals surface area contributed by atoms with Gasteiger partial charge in [0.05, 0.1) is 26.9 Å². The van der Waals surface area contributed by atoms with E-state index in [1.165, 1.54) is 5.69 Å². The molecule has 0 N–H and O–H groups in total. The van der Waals surface area contributed by atoms with Gasteiger partial charge in [0.1, 0.15) is 0 Å². The average Bonchev–Trinajstić information content (AvgIpc) is 2.78. The number of rotatable bonds is 8. The molecule has 30 heavy (non-hydrogen) atoms. The third-order valence-electron chi connectivity index (χ3n) is 5.03. The number of hydrogen-bond acceptors (Lipinski definition) is 5. The minimum atomic E-state index is -0.0550. The molecule has 1 saturated heterocycles. The number of methoxy groups -OCH3 is 1. The molecular formula is C24H30N2O4. The number of amides is 1. The Hall–Kier alpha value is -2.99. The molecule has 0 atom stereocenters. The molecule has 1 fully saturated rings. The molecule has 0 saturated carbocycles. The molecule has 160 valence electrons. The highest BCUT2D eigenvalue weighted by Crippen LogP contribution is 2.28. The number of carbonyl (C=O) groups is 1. The van der Waals surface area contributed by atoms with Crippen LogP contribution in [0, 0.1) is 0 Å².